The van der Waals surface area contributed by atoms with Crippen LogP contribution in [0.3, 0.4) is 0 Å². The van der Waals surface area contributed by atoms with Gasteiger partial charge in [-0.25, -0.2) is 19.2 Å². The molecule has 9 rings (SSSR count). The van der Waals surface area contributed by atoms with Gasteiger partial charge in [-0.2, -0.15) is 0 Å². The van der Waals surface area contributed by atoms with Crippen molar-refractivity contribution in [2.24, 2.45) is 0 Å². The van der Waals surface area contributed by atoms with Crippen LogP contribution >= 0.6 is 0 Å². The summed E-state index contributed by atoms with van der Waals surface area (Å²) in [7, 11) is 0. The van der Waals surface area contributed by atoms with Crippen LogP contribution in [0.2, 0.25) is 0 Å². The number of fused-ring (bicyclic) bond motifs is 2. The second-order valence-electron chi connectivity index (χ2n) is 15.1. The molecule has 0 radical (unpaired) electrons. The largest absolute Gasteiger partial charge is 0.478 e. The maximum absolute atomic E-state index is 14.8. The van der Waals surface area contributed by atoms with Gasteiger partial charge < -0.3 is 19.9 Å². The van der Waals surface area contributed by atoms with Gasteiger partial charge in [-0.1, -0.05) is 163 Å². The van der Waals surface area contributed by atoms with Crippen molar-refractivity contribution in [3.05, 3.63) is 222 Å². The summed E-state index contributed by atoms with van der Waals surface area (Å²) in [4.78, 5) is 67.8. The van der Waals surface area contributed by atoms with E-state index in [1.165, 1.54) is 24.3 Å². The lowest BCUT2D eigenvalue weighted by molar-refractivity contribution is -0.0394. The monoisotopic (exact) mass is 839 g/mol. The maximum atomic E-state index is 14.8. The van der Waals surface area contributed by atoms with Gasteiger partial charge in [-0.05, 0) is 115 Å². The topological polar surface area (TPSA) is 130 Å². The van der Waals surface area contributed by atoms with Crippen molar-refractivity contribution in [1.82, 2.24) is 0 Å². The maximum Gasteiger partial charge on any atom is 0.367 e. The van der Waals surface area contributed by atoms with E-state index in [1.54, 1.807) is 97.1 Å². The Labute approximate surface area is 367 Å². The molecule has 9 aromatic rings. The van der Waals surface area contributed by atoms with Crippen LogP contribution in [0.15, 0.2) is 194 Å². The highest BCUT2D eigenvalue weighted by Gasteiger charge is 2.29. The molecule has 0 fully saturated rings. The minimum atomic E-state index is -1.19. The zero-order valence-corrected chi connectivity index (χ0v) is 34.3. The fraction of sp³-hybridized carbons (Fsp3) is 0.0182. The first-order chi connectivity index (χ1) is 31.1. The molecule has 310 valence electrons. The number of anilines is 1. The molecular weight excluding hydrogens is 803 g/mol. The molecule has 64 heavy (non-hydrogen) atoms. The van der Waals surface area contributed by atoms with E-state index in [1.807, 2.05) is 79.7 Å². The van der Waals surface area contributed by atoms with Gasteiger partial charge in [-0.15, -0.1) is 0 Å². The second-order valence-corrected chi connectivity index (χ2v) is 15.1. The molecule has 0 amide bonds. The van der Waals surface area contributed by atoms with E-state index >= 15 is 0 Å². The van der Waals surface area contributed by atoms with Crippen molar-refractivity contribution in [3.8, 4) is 44.5 Å². The molecule has 0 spiro atoms. The quantitative estimate of drug-likeness (QED) is 0.122. The van der Waals surface area contributed by atoms with Crippen LogP contribution in [-0.4, -0.2) is 34.1 Å². The number of carboxylic acid groups (broad SMARTS) is 2. The average molecular weight is 840 g/mol. The van der Waals surface area contributed by atoms with E-state index in [4.69, 9.17) is 9.68 Å². The molecule has 0 saturated carbocycles. The van der Waals surface area contributed by atoms with E-state index < -0.39 is 23.9 Å². The fourth-order valence-electron chi connectivity index (χ4n) is 8.01. The molecule has 0 aliphatic heterocycles. The summed E-state index contributed by atoms with van der Waals surface area (Å²) in [6.45, 7) is 1.88. The number of carboxylic acids is 2. The van der Waals surface area contributed by atoms with Gasteiger partial charge in [0.1, 0.15) is 5.69 Å². The number of aromatic carboxylic acids is 2. The molecular formula is C55H37NO8. The van der Waals surface area contributed by atoms with Crippen molar-refractivity contribution < 1.29 is 39.1 Å². The van der Waals surface area contributed by atoms with E-state index in [9.17, 15) is 29.4 Å². The Hall–Kier alpha value is -8.82. The number of rotatable bonds is 11. The first-order valence-electron chi connectivity index (χ1n) is 20.4. The summed E-state index contributed by atoms with van der Waals surface area (Å²) in [6.07, 6.45) is 0. The minimum absolute atomic E-state index is 0.00122. The summed E-state index contributed by atoms with van der Waals surface area (Å²) in [5, 5.41) is 25.3. The van der Waals surface area contributed by atoms with Crippen molar-refractivity contribution in [1.29, 1.82) is 0 Å². The van der Waals surface area contributed by atoms with Crippen LogP contribution in [0.1, 0.15) is 47.0 Å². The Morgan fingerprint density at radius 1 is 0.391 bits per heavy atom. The third kappa shape index (κ3) is 7.92. The Morgan fingerprint density at radius 3 is 1.19 bits per heavy atom. The molecule has 0 aliphatic rings. The van der Waals surface area contributed by atoms with Crippen molar-refractivity contribution in [3.63, 3.8) is 0 Å². The first-order valence-corrected chi connectivity index (χ1v) is 20.4. The standard InChI is InChI=1S/C55H37NO8/c1-34-26-28-39(29-27-34)56(63-54(61)50-32-46(42-24-12-20-35-18-8-10-22-40(35)42)48(52(57)58)30-44(50)37-14-4-2-5-15-37)64-55(62)51-33-47(43-25-13-21-36-19-9-11-23-41(36)43)49(53(59)60)31-45(51)38-16-6-3-7-17-38/h2-33H,1H3,(H,57,58)(H,59,60). The highest BCUT2D eigenvalue weighted by atomic mass is 17.0. The summed E-state index contributed by atoms with van der Waals surface area (Å²) in [5.74, 6) is -4.29. The lowest BCUT2D eigenvalue weighted by Gasteiger charge is -2.23. The molecule has 0 aromatic heterocycles. The van der Waals surface area contributed by atoms with Gasteiger partial charge >= 0.3 is 23.9 Å². The number of aryl methyl sites for hydroxylation is 1. The van der Waals surface area contributed by atoms with Crippen molar-refractivity contribution in [2.75, 3.05) is 5.23 Å². The van der Waals surface area contributed by atoms with Crippen LogP contribution in [0.25, 0.3) is 66.1 Å². The van der Waals surface area contributed by atoms with Gasteiger partial charge in [0.25, 0.3) is 0 Å². The zero-order valence-electron chi connectivity index (χ0n) is 34.3. The SMILES string of the molecule is Cc1ccc(N(OC(=O)c2cc(-c3cccc4ccccc34)c(C(=O)O)cc2-c2ccccc2)OC(=O)c2cc(-c3cccc4ccccc34)c(C(=O)O)cc2-c2ccccc2)cc1. The Balaban J connectivity index is 1.19. The molecule has 9 aromatic carbocycles. The molecule has 9 heteroatoms. The van der Waals surface area contributed by atoms with Crippen LogP contribution in [0.5, 0.6) is 0 Å². The van der Waals surface area contributed by atoms with Crippen LogP contribution in [-0.2, 0) is 9.68 Å². The number of hydrogen-bond acceptors (Lipinski definition) is 7. The Bertz CT molecular complexity index is 3060. The number of carbonyl (C=O) groups is 4. The van der Waals surface area contributed by atoms with Crippen LogP contribution in [0, 0.1) is 6.92 Å². The summed E-state index contributed by atoms with van der Waals surface area (Å²) in [5.41, 5.74) is 4.38. The third-order valence-electron chi connectivity index (χ3n) is 11.1. The first kappa shape index (κ1) is 40.6. The normalized spacial score (nSPS) is 11.0. The van der Waals surface area contributed by atoms with Crippen molar-refractivity contribution >= 4 is 51.1 Å². The molecule has 0 aliphatic carbocycles. The molecule has 0 heterocycles. The second kappa shape index (κ2) is 17.3. The average Bonchev–Trinajstić information content (AvgIpc) is 3.33. The van der Waals surface area contributed by atoms with Gasteiger partial charge in [0.2, 0.25) is 0 Å². The number of carbonyl (C=O) groups excluding carboxylic acids is 2. The highest BCUT2D eigenvalue weighted by Crippen LogP contribution is 2.39. The summed E-state index contributed by atoms with van der Waals surface area (Å²) < 4.78 is 0. The molecule has 9 nitrogen and oxygen atoms in total. The Morgan fingerprint density at radius 2 is 0.766 bits per heavy atom. The van der Waals surface area contributed by atoms with Crippen LogP contribution < -0.4 is 5.23 Å². The predicted molar refractivity (Wildman–Crippen MR) is 248 cm³/mol. The summed E-state index contributed by atoms with van der Waals surface area (Å²) >= 11 is 0. The lowest BCUT2D eigenvalue weighted by atomic mass is 9.89. The Kier molecular flexibility index (Phi) is 11.0. The molecule has 0 saturated heterocycles. The third-order valence-corrected chi connectivity index (χ3v) is 11.1. The highest BCUT2D eigenvalue weighted by molar-refractivity contribution is 6.10. The fourth-order valence-corrected chi connectivity index (χ4v) is 8.01. The van der Waals surface area contributed by atoms with Crippen molar-refractivity contribution in [2.45, 2.75) is 6.92 Å². The molecule has 2 N–H and O–H groups in total. The van der Waals surface area contributed by atoms with E-state index in [-0.39, 0.29) is 50.2 Å². The van der Waals surface area contributed by atoms with E-state index in [0.29, 0.717) is 22.3 Å². The van der Waals surface area contributed by atoms with E-state index in [0.717, 1.165) is 32.3 Å². The molecule has 0 atom stereocenters. The minimum Gasteiger partial charge on any atom is -0.478 e. The van der Waals surface area contributed by atoms with Gasteiger partial charge in [-0.3, -0.25) is 0 Å². The lowest BCUT2D eigenvalue weighted by Crippen LogP contribution is -2.31. The van der Waals surface area contributed by atoms with Gasteiger partial charge in [0.15, 0.2) is 0 Å². The smallest absolute Gasteiger partial charge is 0.367 e. The summed E-state index contributed by atoms with van der Waals surface area (Å²) in [6, 6.07) is 56.6. The zero-order chi connectivity index (χ0) is 44.3. The molecule has 0 bridgehead atoms. The van der Waals surface area contributed by atoms with E-state index in [2.05, 4.69) is 0 Å². The van der Waals surface area contributed by atoms with Gasteiger partial charge in [0.05, 0.1) is 22.3 Å². The predicted octanol–water partition coefficient (Wildman–Crippen LogP) is 12.7. The van der Waals surface area contributed by atoms with Gasteiger partial charge in [0, 0.05) is 0 Å². The molecule has 0 unspecified atom stereocenters. The number of nitrogens with zero attached hydrogens (tertiary/aromatic N) is 1. The number of benzene rings is 9. The number of hydrogen-bond donors (Lipinski definition) is 2. The van der Waals surface area contributed by atoms with Crippen LogP contribution in [0.4, 0.5) is 5.69 Å².